The summed E-state index contributed by atoms with van der Waals surface area (Å²) in [7, 11) is 0. The quantitative estimate of drug-likeness (QED) is 0.873. The molecular weight excluding hydrogens is 282 g/mol. The Hall–Kier alpha value is -1.51. The summed E-state index contributed by atoms with van der Waals surface area (Å²) in [6.45, 7) is 1.55. The van der Waals surface area contributed by atoms with Crippen LogP contribution in [-0.2, 0) is 6.42 Å². The second-order valence-electron chi connectivity index (χ2n) is 5.52. The zero-order valence-corrected chi connectivity index (χ0v) is 12.9. The predicted octanol–water partition coefficient (Wildman–Crippen LogP) is 4.07. The lowest BCUT2D eigenvalue weighted by molar-refractivity contribution is 0.300. The van der Waals surface area contributed by atoms with Crippen LogP contribution in [0.2, 0.25) is 0 Å². The van der Waals surface area contributed by atoms with Crippen LogP contribution in [0, 0.1) is 5.92 Å². The Kier molecular flexibility index (Phi) is 5.66. The van der Waals surface area contributed by atoms with Gasteiger partial charge in [-0.05, 0) is 60.5 Å². The molecule has 112 valence electrons. The lowest BCUT2D eigenvalue weighted by atomic mass is 10.0. The predicted molar refractivity (Wildman–Crippen MR) is 90.1 cm³/mol. The first-order valence-corrected chi connectivity index (χ1v) is 7.37. The summed E-state index contributed by atoms with van der Waals surface area (Å²) >= 11 is 0. The molecule has 0 amide bonds. The van der Waals surface area contributed by atoms with E-state index in [9.17, 15) is 0 Å². The molecule has 2 nitrogen and oxygen atoms in total. The molecule has 0 spiro atoms. The van der Waals surface area contributed by atoms with Crippen LogP contribution >= 0.6 is 12.4 Å². The van der Waals surface area contributed by atoms with Gasteiger partial charge in [-0.15, -0.1) is 12.4 Å². The van der Waals surface area contributed by atoms with Crippen LogP contribution in [0.15, 0.2) is 48.5 Å². The van der Waals surface area contributed by atoms with E-state index in [2.05, 4.69) is 42.5 Å². The van der Waals surface area contributed by atoms with Crippen LogP contribution in [-0.4, -0.2) is 13.2 Å². The number of hydrogen-bond acceptors (Lipinski definition) is 2. The minimum atomic E-state index is 0. The second-order valence-corrected chi connectivity index (χ2v) is 5.52. The van der Waals surface area contributed by atoms with Crippen LogP contribution in [0.3, 0.4) is 0 Å². The average molecular weight is 304 g/mol. The number of halogens is 1. The van der Waals surface area contributed by atoms with Gasteiger partial charge in [0.1, 0.15) is 5.75 Å². The lowest BCUT2D eigenvalue weighted by Gasteiger charge is -2.09. The van der Waals surface area contributed by atoms with Crippen molar-refractivity contribution in [1.29, 1.82) is 0 Å². The van der Waals surface area contributed by atoms with Crippen LogP contribution in [0.5, 0.6) is 5.75 Å². The van der Waals surface area contributed by atoms with E-state index < -0.39 is 0 Å². The Bertz CT molecular complexity index is 581. The fourth-order valence-corrected chi connectivity index (χ4v) is 2.34. The molecule has 0 saturated heterocycles. The van der Waals surface area contributed by atoms with Crippen LogP contribution in [0.4, 0.5) is 0 Å². The minimum Gasteiger partial charge on any atom is -0.493 e. The third-order valence-electron chi connectivity index (χ3n) is 3.71. The molecule has 0 atom stereocenters. The molecule has 21 heavy (non-hydrogen) atoms. The highest BCUT2D eigenvalue weighted by molar-refractivity contribution is 5.85. The van der Waals surface area contributed by atoms with Crippen molar-refractivity contribution >= 4 is 12.4 Å². The summed E-state index contributed by atoms with van der Waals surface area (Å²) in [6.07, 6.45) is 3.56. The van der Waals surface area contributed by atoms with Gasteiger partial charge in [0.2, 0.25) is 0 Å². The molecule has 3 heteroatoms. The van der Waals surface area contributed by atoms with E-state index in [1.54, 1.807) is 0 Å². The molecular formula is C18H22ClNO. The number of nitrogens with two attached hydrogens (primary N) is 1. The standard InChI is InChI=1S/C18H21NO.ClH/c19-10-9-14-3-1-4-16(11-14)17-5-2-6-18(12-17)20-13-15-7-8-15;/h1-6,11-12,15H,7-10,13,19H2;1H. The molecule has 2 aromatic rings. The lowest BCUT2D eigenvalue weighted by Crippen LogP contribution is -2.02. The zero-order valence-electron chi connectivity index (χ0n) is 12.1. The molecule has 1 aliphatic rings. The van der Waals surface area contributed by atoms with Crippen molar-refractivity contribution in [2.45, 2.75) is 19.3 Å². The van der Waals surface area contributed by atoms with E-state index in [4.69, 9.17) is 10.5 Å². The van der Waals surface area contributed by atoms with Crippen molar-refractivity contribution in [1.82, 2.24) is 0 Å². The molecule has 0 unspecified atom stereocenters. The fraction of sp³-hybridized carbons (Fsp3) is 0.333. The van der Waals surface area contributed by atoms with Gasteiger partial charge in [-0.1, -0.05) is 36.4 Å². The number of ether oxygens (including phenoxy) is 1. The largest absolute Gasteiger partial charge is 0.493 e. The molecule has 0 radical (unpaired) electrons. The van der Waals surface area contributed by atoms with Gasteiger partial charge in [0, 0.05) is 0 Å². The molecule has 0 aliphatic heterocycles. The summed E-state index contributed by atoms with van der Waals surface area (Å²) in [5.41, 5.74) is 9.35. The monoisotopic (exact) mass is 303 g/mol. The van der Waals surface area contributed by atoms with Crippen molar-refractivity contribution in [3.8, 4) is 16.9 Å². The molecule has 1 saturated carbocycles. The second kappa shape index (κ2) is 7.48. The Labute approximate surface area is 132 Å². The highest BCUT2D eigenvalue weighted by Gasteiger charge is 2.21. The van der Waals surface area contributed by atoms with Crippen LogP contribution in [0.1, 0.15) is 18.4 Å². The zero-order chi connectivity index (χ0) is 13.8. The van der Waals surface area contributed by atoms with Crippen molar-refractivity contribution in [3.05, 3.63) is 54.1 Å². The van der Waals surface area contributed by atoms with Crippen molar-refractivity contribution in [2.75, 3.05) is 13.2 Å². The average Bonchev–Trinajstić information content (AvgIpc) is 3.30. The van der Waals surface area contributed by atoms with Gasteiger partial charge in [-0.2, -0.15) is 0 Å². The van der Waals surface area contributed by atoms with Gasteiger partial charge < -0.3 is 10.5 Å². The topological polar surface area (TPSA) is 35.2 Å². The van der Waals surface area contributed by atoms with Crippen LogP contribution in [0.25, 0.3) is 11.1 Å². The van der Waals surface area contributed by atoms with Gasteiger partial charge in [0.15, 0.2) is 0 Å². The molecule has 1 fully saturated rings. The van der Waals surface area contributed by atoms with Gasteiger partial charge in [0.05, 0.1) is 6.61 Å². The van der Waals surface area contributed by atoms with E-state index in [1.807, 2.05) is 6.07 Å². The van der Waals surface area contributed by atoms with E-state index >= 15 is 0 Å². The molecule has 2 aromatic carbocycles. The van der Waals surface area contributed by atoms with Gasteiger partial charge in [-0.3, -0.25) is 0 Å². The maximum Gasteiger partial charge on any atom is 0.119 e. The molecule has 0 aromatic heterocycles. The Morgan fingerprint density at radius 2 is 1.71 bits per heavy atom. The van der Waals surface area contributed by atoms with E-state index in [0.717, 1.165) is 24.7 Å². The Morgan fingerprint density at radius 1 is 1.00 bits per heavy atom. The maximum absolute atomic E-state index is 5.85. The first-order valence-electron chi connectivity index (χ1n) is 7.37. The molecule has 1 aliphatic carbocycles. The van der Waals surface area contributed by atoms with Gasteiger partial charge in [0.25, 0.3) is 0 Å². The summed E-state index contributed by atoms with van der Waals surface area (Å²) in [5, 5.41) is 0. The first kappa shape index (κ1) is 15.9. The molecule has 2 N–H and O–H groups in total. The highest BCUT2D eigenvalue weighted by Crippen LogP contribution is 2.30. The van der Waals surface area contributed by atoms with Gasteiger partial charge in [-0.25, -0.2) is 0 Å². The summed E-state index contributed by atoms with van der Waals surface area (Å²) in [6, 6.07) is 16.9. The third kappa shape index (κ3) is 4.48. The Morgan fingerprint density at radius 3 is 2.43 bits per heavy atom. The number of hydrogen-bond donors (Lipinski definition) is 1. The smallest absolute Gasteiger partial charge is 0.119 e. The molecule has 0 heterocycles. The minimum absolute atomic E-state index is 0. The summed E-state index contributed by atoms with van der Waals surface area (Å²) < 4.78 is 5.85. The molecule has 3 rings (SSSR count). The molecule has 0 bridgehead atoms. The summed E-state index contributed by atoms with van der Waals surface area (Å²) in [4.78, 5) is 0. The highest BCUT2D eigenvalue weighted by atomic mass is 35.5. The van der Waals surface area contributed by atoms with Crippen molar-refractivity contribution in [3.63, 3.8) is 0 Å². The van der Waals surface area contributed by atoms with E-state index in [-0.39, 0.29) is 12.4 Å². The van der Waals surface area contributed by atoms with Crippen molar-refractivity contribution < 1.29 is 4.74 Å². The first-order chi connectivity index (χ1) is 9.85. The van der Waals surface area contributed by atoms with Gasteiger partial charge >= 0.3 is 0 Å². The van der Waals surface area contributed by atoms with E-state index in [1.165, 1.54) is 29.5 Å². The fourth-order valence-electron chi connectivity index (χ4n) is 2.34. The SMILES string of the molecule is Cl.NCCc1cccc(-c2cccc(OCC3CC3)c2)c1. The van der Waals surface area contributed by atoms with Crippen LogP contribution < -0.4 is 10.5 Å². The third-order valence-corrected chi connectivity index (χ3v) is 3.71. The number of rotatable bonds is 6. The summed E-state index contributed by atoms with van der Waals surface area (Å²) in [5.74, 6) is 1.75. The maximum atomic E-state index is 5.85. The van der Waals surface area contributed by atoms with E-state index in [0.29, 0.717) is 6.54 Å². The number of benzene rings is 2. The van der Waals surface area contributed by atoms with Crippen molar-refractivity contribution in [2.24, 2.45) is 11.7 Å². The Balaban J connectivity index is 0.00000161. The normalized spacial score (nSPS) is 13.6.